The van der Waals surface area contributed by atoms with Crippen LogP contribution in [0.15, 0.2) is 53.4 Å². The summed E-state index contributed by atoms with van der Waals surface area (Å²) in [6.45, 7) is 4.78. The Morgan fingerprint density at radius 3 is 2.56 bits per heavy atom. The molecule has 3 amide bonds. The fraction of sp³-hybridized carbons (Fsp3) is 0.292. The highest BCUT2D eigenvalue weighted by Crippen LogP contribution is 2.33. The first-order valence-electron chi connectivity index (χ1n) is 10.4. The molecule has 8 heteroatoms. The van der Waals surface area contributed by atoms with E-state index in [1.54, 1.807) is 53.4 Å². The van der Waals surface area contributed by atoms with E-state index in [1.165, 1.54) is 6.07 Å². The Labute approximate surface area is 190 Å². The Balaban J connectivity index is 1.52. The van der Waals surface area contributed by atoms with E-state index in [2.05, 4.69) is 0 Å². The van der Waals surface area contributed by atoms with Crippen LogP contribution in [-0.4, -0.2) is 52.2 Å². The van der Waals surface area contributed by atoms with Gasteiger partial charge >= 0.3 is 0 Å². The summed E-state index contributed by atoms with van der Waals surface area (Å²) in [5.41, 5.74) is 1.42. The summed E-state index contributed by atoms with van der Waals surface area (Å²) < 4.78 is 19.6. The van der Waals surface area contributed by atoms with Crippen LogP contribution in [0.4, 0.5) is 9.18 Å². The molecule has 0 saturated carbocycles. The molecule has 2 fully saturated rings. The van der Waals surface area contributed by atoms with Crippen molar-refractivity contribution < 1.29 is 23.5 Å². The lowest BCUT2D eigenvalue weighted by Crippen LogP contribution is -2.48. The monoisotopic (exact) mass is 454 g/mol. The van der Waals surface area contributed by atoms with Gasteiger partial charge in [-0.15, -0.1) is 0 Å². The number of thioether (sulfide) groups is 1. The van der Waals surface area contributed by atoms with Gasteiger partial charge in [0, 0.05) is 24.2 Å². The third-order valence-electron chi connectivity index (χ3n) is 5.30. The van der Waals surface area contributed by atoms with Crippen molar-refractivity contribution in [3.05, 3.63) is 75.9 Å². The lowest BCUT2D eigenvalue weighted by atomic mass is 10.1. The van der Waals surface area contributed by atoms with Crippen LogP contribution in [0.25, 0.3) is 6.08 Å². The molecule has 2 unspecified atom stereocenters. The number of carbonyl (C=O) groups excluding carboxylic acids is 3. The van der Waals surface area contributed by atoms with E-state index in [0.29, 0.717) is 24.2 Å². The zero-order chi connectivity index (χ0) is 22.8. The fourth-order valence-electron chi connectivity index (χ4n) is 3.87. The number of ether oxygens (including phenoxy) is 1. The minimum Gasteiger partial charge on any atom is -0.372 e. The van der Waals surface area contributed by atoms with E-state index < -0.39 is 17.0 Å². The number of morpholine rings is 1. The number of hydrogen-bond acceptors (Lipinski definition) is 5. The van der Waals surface area contributed by atoms with Crippen molar-refractivity contribution in [1.29, 1.82) is 0 Å². The van der Waals surface area contributed by atoms with Gasteiger partial charge in [0.15, 0.2) is 0 Å². The van der Waals surface area contributed by atoms with Gasteiger partial charge in [-0.2, -0.15) is 0 Å². The Morgan fingerprint density at radius 2 is 1.84 bits per heavy atom. The van der Waals surface area contributed by atoms with Gasteiger partial charge in [0.2, 0.25) is 0 Å². The molecule has 6 nitrogen and oxygen atoms in total. The largest absolute Gasteiger partial charge is 0.372 e. The highest BCUT2D eigenvalue weighted by atomic mass is 32.2. The summed E-state index contributed by atoms with van der Waals surface area (Å²) in [7, 11) is 0. The van der Waals surface area contributed by atoms with E-state index in [4.69, 9.17) is 4.74 Å². The second kappa shape index (κ2) is 9.26. The summed E-state index contributed by atoms with van der Waals surface area (Å²) in [6.07, 6.45) is 1.52. The van der Waals surface area contributed by atoms with E-state index in [-0.39, 0.29) is 35.1 Å². The smallest absolute Gasteiger partial charge is 0.293 e. The number of benzene rings is 2. The molecule has 2 heterocycles. The Kier molecular flexibility index (Phi) is 6.43. The predicted molar refractivity (Wildman–Crippen MR) is 120 cm³/mol. The van der Waals surface area contributed by atoms with Gasteiger partial charge in [-0.05, 0) is 55.4 Å². The Hall–Kier alpha value is -2.97. The molecular weight excluding hydrogens is 431 g/mol. The molecule has 32 heavy (non-hydrogen) atoms. The van der Waals surface area contributed by atoms with Crippen LogP contribution < -0.4 is 0 Å². The average Bonchev–Trinajstić information content (AvgIpc) is 3.01. The van der Waals surface area contributed by atoms with Gasteiger partial charge < -0.3 is 9.64 Å². The maximum atomic E-state index is 13.9. The first kappa shape index (κ1) is 22.2. The number of halogens is 1. The van der Waals surface area contributed by atoms with Gasteiger partial charge in [-0.3, -0.25) is 19.3 Å². The fourth-order valence-corrected chi connectivity index (χ4v) is 4.71. The molecule has 166 valence electrons. The first-order valence-corrected chi connectivity index (χ1v) is 11.2. The van der Waals surface area contributed by atoms with Crippen LogP contribution in [0.5, 0.6) is 0 Å². The number of nitrogens with zero attached hydrogens (tertiary/aromatic N) is 2. The maximum Gasteiger partial charge on any atom is 0.293 e. The van der Waals surface area contributed by atoms with Gasteiger partial charge in [0.1, 0.15) is 5.82 Å². The topological polar surface area (TPSA) is 66.9 Å². The van der Waals surface area contributed by atoms with Gasteiger partial charge in [-0.1, -0.05) is 30.3 Å². The summed E-state index contributed by atoms with van der Waals surface area (Å²) in [6, 6.07) is 13.0. The molecule has 2 aromatic rings. The van der Waals surface area contributed by atoms with E-state index in [9.17, 15) is 18.8 Å². The molecule has 0 bridgehead atoms. The minimum atomic E-state index is -0.476. The summed E-state index contributed by atoms with van der Waals surface area (Å²) in [5, 5.41) is -0.451. The first-order chi connectivity index (χ1) is 15.3. The summed E-state index contributed by atoms with van der Waals surface area (Å²) in [5.74, 6) is -1.04. The zero-order valence-corrected chi connectivity index (χ0v) is 18.6. The number of rotatable bonds is 4. The lowest BCUT2D eigenvalue weighted by molar-refractivity contribution is -0.123. The SMILES string of the molecule is CC1CN(C(=O)c2cccc(/C=C3\SC(=O)N(Cc4ccccc4F)C3=O)c2)CC(C)O1. The molecule has 0 aliphatic carbocycles. The minimum absolute atomic E-state index is 0.0352. The molecule has 0 aromatic heterocycles. The quantitative estimate of drug-likeness (QED) is 0.644. The van der Waals surface area contributed by atoms with Gasteiger partial charge in [0.05, 0.1) is 23.7 Å². The van der Waals surface area contributed by atoms with Crippen LogP contribution in [-0.2, 0) is 16.1 Å². The molecular formula is C24H23FN2O4S. The van der Waals surface area contributed by atoms with Crippen molar-refractivity contribution >= 4 is 34.9 Å². The van der Waals surface area contributed by atoms with E-state index in [0.717, 1.165) is 16.7 Å². The van der Waals surface area contributed by atoms with Crippen LogP contribution in [0.3, 0.4) is 0 Å². The highest BCUT2D eigenvalue weighted by Gasteiger charge is 2.35. The second-order valence-corrected chi connectivity index (χ2v) is 8.95. The lowest BCUT2D eigenvalue weighted by Gasteiger charge is -2.35. The van der Waals surface area contributed by atoms with E-state index in [1.807, 2.05) is 13.8 Å². The molecule has 2 aliphatic heterocycles. The second-order valence-electron chi connectivity index (χ2n) is 7.95. The van der Waals surface area contributed by atoms with Crippen molar-refractivity contribution in [3.63, 3.8) is 0 Å². The van der Waals surface area contributed by atoms with Gasteiger partial charge in [-0.25, -0.2) is 4.39 Å². The van der Waals surface area contributed by atoms with Crippen molar-refractivity contribution in [3.8, 4) is 0 Å². The Morgan fingerprint density at radius 1 is 1.12 bits per heavy atom. The molecule has 0 N–H and O–H groups in total. The third-order valence-corrected chi connectivity index (χ3v) is 6.21. The average molecular weight is 455 g/mol. The standard InChI is InChI=1S/C24H23FN2O4S/c1-15-12-26(13-16(2)31-15)22(28)18-8-5-6-17(10-18)11-21-23(29)27(24(30)32-21)14-19-7-3-4-9-20(19)25/h3-11,15-16H,12-14H2,1-2H3/b21-11-. The summed E-state index contributed by atoms with van der Waals surface area (Å²) in [4.78, 5) is 41.2. The molecule has 2 saturated heterocycles. The number of hydrogen-bond donors (Lipinski definition) is 0. The normalized spacial score (nSPS) is 22.7. The third kappa shape index (κ3) is 4.76. The molecule has 2 aromatic carbocycles. The highest BCUT2D eigenvalue weighted by molar-refractivity contribution is 8.18. The van der Waals surface area contributed by atoms with Crippen LogP contribution >= 0.6 is 11.8 Å². The van der Waals surface area contributed by atoms with Crippen molar-refractivity contribution in [2.75, 3.05) is 13.1 Å². The molecule has 0 radical (unpaired) electrons. The summed E-state index contributed by atoms with van der Waals surface area (Å²) >= 11 is 0.809. The number of amides is 3. The number of imide groups is 1. The van der Waals surface area contributed by atoms with Crippen molar-refractivity contribution in [1.82, 2.24) is 9.80 Å². The Bertz CT molecular complexity index is 1090. The zero-order valence-electron chi connectivity index (χ0n) is 17.8. The molecule has 2 atom stereocenters. The van der Waals surface area contributed by atoms with E-state index >= 15 is 0 Å². The van der Waals surface area contributed by atoms with Crippen molar-refractivity contribution in [2.24, 2.45) is 0 Å². The van der Waals surface area contributed by atoms with Crippen LogP contribution in [0.2, 0.25) is 0 Å². The number of carbonyl (C=O) groups is 3. The van der Waals surface area contributed by atoms with Crippen LogP contribution in [0, 0.1) is 5.82 Å². The maximum absolute atomic E-state index is 13.9. The molecule has 2 aliphatic rings. The molecule has 4 rings (SSSR count). The van der Waals surface area contributed by atoms with Crippen LogP contribution in [0.1, 0.15) is 35.3 Å². The van der Waals surface area contributed by atoms with Gasteiger partial charge in [0.25, 0.3) is 17.1 Å². The predicted octanol–water partition coefficient (Wildman–Crippen LogP) is 4.31. The van der Waals surface area contributed by atoms with Crippen molar-refractivity contribution in [2.45, 2.75) is 32.6 Å². The molecule has 0 spiro atoms.